The third kappa shape index (κ3) is 2.88. The number of aryl methyl sites for hydroxylation is 1. The summed E-state index contributed by atoms with van der Waals surface area (Å²) in [5.41, 5.74) is 0. The van der Waals surface area contributed by atoms with Crippen LogP contribution in [0.3, 0.4) is 0 Å². The molecule has 0 aliphatic carbocycles. The van der Waals surface area contributed by atoms with Crippen LogP contribution in [0.1, 0.15) is 37.5 Å². The lowest BCUT2D eigenvalue weighted by atomic mass is 9.98. The van der Waals surface area contributed by atoms with Gasteiger partial charge in [-0.15, -0.1) is 0 Å². The predicted octanol–water partition coefficient (Wildman–Crippen LogP) is 0.686. The van der Waals surface area contributed by atoms with Gasteiger partial charge in [-0.1, -0.05) is 0 Å². The largest absolute Gasteiger partial charge is 0.444 e. The summed E-state index contributed by atoms with van der Waals surface area (Å²) < 4.78 is 5.35. The van der Waals surface area contributed by atoms with Crippen molar-refractivity contribution in [3.05, 3.63) is 17.8 Å². The second-order valence-electron chi connectivity index (χ2n) is 4.58. The number of carbonyl (C=O) groups excluding carboxylic acids is 2. The van der Waals surface area contributed by atoms with E-state index in [1.165, 1.54) is 0 Å². The van der Waals surface area contributed by atoms with Crippen molar-refractivity contribution >= 4 is 11.8 Å². The van der Waals surface area contributed by atoms with Crippen molar-refractivity contribution in [2.75, 3.05) is 6.54 Å². The molecule has 2 rings (SSSR count). The van der Waals surface area contributed by atoms with Gasteiger partial charge in [-0.25, -0.2) is 4.98 Å². The van der Waals surface area contributed by atoms with E-state index in [2.05, 4.69) is 15.6 Å². The highest BCUT2D eigenvalue weighted by molar-refractivity contribution is 5.83. The summed E-state index contributed by atoms with van der Waals surface area (Å²) in [7, 11) is 0. The molecule has 18 heavy (non-hydrogen) atoms. The number of hydrogen-bond donors (Lipinski definition) is 2. The first-order chi connectivity index (χ1) is 8.56. The van der Waals surface area contributed by atoms with E-state index < -0.39 is 0 Å². The maximum atomic E-state index is 12.0. The maximum Gasteiger partial charge on any atom is 0.225 e. The van der Waals surface area contributed by atoms with Gasteiger partial charge in [0.05, 0.1) is 12.1 Å². The van der Waals surface area contributed by atoms with Gasteiger partial charge < -0.3 is 15.1 Å². The zero-order valence-corrected chi connectivity index (χ0v) is 10.5. The van der Waals surface area contributed by atoms with Crippen LogP contribution in [-0.4, -0.2) is 23.3 Å². The molecular weight excluding hydrogens is 234 g/mol. The van der Waals surface area contributed by atoms with Crippen molar-refractivity contribution in [1.82, 2.24) is 15.6 Å². The van der Waals surface area contributed by atoms with Gasteiger partial charge in [0.1, 0.15) is 11.8 Å². The number of rotatable bonds is 3. The molecule has 2 heterocycles. The summed E-state index contributed by atoms with van der Waals surface area (Å²) in [6.45, 7) is 4.04. The smallest absolute Gasteiger partial charge is 0.225 e. The fraction of sp³-hybridized carbons (Fsp3) is 0.583. The molecule has 2 N–H and O–H groups in total. The Morgan fingerprint density at radius 2 is 2.44 bits per heavy atom. The standard InChI is InChI=1S/C12H17N3O3/c1-7-5-14-12(18-7)8(2)15-11(17)9-3-4-10(16)13-6-9/h5,8-9H,3-4,6H2,1-2H3,(H,13,16)(H,15,17). The van der Waals surface area contributed by atoms with Gasteiger partial charge in [0.25, 0.3) is 0 Å². The molecule has 0 radical (unpaired) electrons. The first kappa shape index (κ1) is 12.6. The molecule has 1 aromatic rings. The number of hydrogen-bond acceptors (Lipinski definition) is 4. The zero-order valence-electron chi connectivity index (χ0n) is 10.5. The second kappa shape index (κ2) is 5.20. The van der Waals surface area contributed by atoms with E-state index in [4.69, 9.17) is 4.42 Å². The van der Waals surface area contributed by atoms with Crippen molar-refractivity contribution in [3.63, 3.8) is 0 Å². The van der Waals surface area contributed by atoms with Gasteiger partial charge in [-0.05, 0) is 20.3 Å². The van der Waals surface area contributed by atoms with E-state index in [-0.39, 0.29) is 23.8 Å². The lowest BCUT2D eigenvalue weighted by molar-refractivity contribution is -0.129. The molecule has 0 saturated carbocycles. The van der Waals surface area contributed by atoms with Crippen LogP contribution < -0.4 is 10.6 Å². The van der Waals surface area contributed by atoms with Crippen molar-refractivity contribution in [2.24, 2.45) is 5.92 Å². The molecule has 2 amide bonds. The Kier molecular flexibility index (Phi) is 3.64. The number of amides is 2. The van der Waals surface area contributed by atoms with Gasteiger partial charge in [-0.2, -0.15) is 0 Å². The molecule has 2 atom stereocenters. The number of carbonyl (C=O) groups is 2. The van der Waals surface area contributed by atoms with E-state index in [0.29, 0.717) is 25.3 Å². The zero-order chi connectivity index (χ0) is 13.1. The van der Waals surface area contributed by atoms with Crippen LogP contribution in [-0.2, 0) is 9.59 Å². The highest BCUT2D eigenvalue weighted by Gasteiger charge is 2.26. The highest BCUT2D eigenvalue weighted by atomic mass is 16.4. The van der Waals surface area contributed by atoms with Gasteiger partial charge in [0, 0.05) is 13.0 Å². The molecule has 6 nitrogen and oxygen atoms in total. The third-order valence-electron chi connectivity index (χ3n) is 3.00. The molecule has 1 aliphatic rings. The van der Waals surface area contributed by atoms with Crippen LogP contribution >= 0.6 is 0 Å². The first-order valence-corrected chi connectivity index (χ1v) is 6.05. The molecule has 0 aromatic carbocycles. The molecule has 98 valence electrons. The minimum atomic E-state index is -0.260. The summed E-state index contributed by atoms with van der Waals surface area (Å²) in [5, 5.41) is 5.54. The van der Waals surface area contributed by atoms with Crippen LogP contribution in [0.2, 0.25) is 0 Å². The van der Waals surface area contributed by atoms with Crippen LogP contribution in [0, 0.1) is 12.8 Å². The van der Waals surface area contributed by atoms with Gasteiger partial charge in [-0.3, -0.25) is 9.59 Å². The quantitative estimate of drug-likeness (QED) is 0.827. The average Bonchev–Trinajstić information content (AvgIpc) is 2.76. The Morgan fingerprint density at radius 3 is 3.00 bits per heavy atom. The first-order valence-electron chi connectivity index (χ1n) is 6.05. The lowest BCUT2D eigenvalue weighted by Crippen LogP contribution is -2.43. The van der Waals surface area contributed by atoms with Crippen molar-refractivity contribution in [2.45, 2.75) is 32.7 Å². The van der Waals surface area contributed by atoms with E-state index >= 15 is 0 Å². The van der Waals surface area contributed by atoms with E-state index in [1.807, 2.05) is 13.8 Å². The molecule has 1 aromatic heterocycles. The van der Waals surface area contributed by atoms with Crippen molar-refractivity contribution in [3.8, 4) is 0 Å². The molecular formula is C12H17N3O3. The van der Waals surface area contributed by atoms with E-state index in [1.54, 1.807) is 6.20 Å². The van der Waals surface area contributed by atoms with Crippen molar-refractivity contribution < 1.29 is 14.0 Å². The molecule has 1 saturated heterocycles. The Bertz CT molecular complexity index is 445. The molecule has 1 fully saturated rings. The van der Waals surface area contributed by atoms with Gasteiger partial charge >= 0.3 is 0 Å². The lowest BCUT2D eigenvalue weighted by Gasteiger charge is -2.22. The molecule has 1 aliphatic heterocycles. The molecule has 6 heteroatoms. The number of piperidine rings is 1. The van der Waals surface area contributed by atoms with Gasteiger partial charge in [0.2, 0.25) is 17.7 Å². The number of nitrogens with zero attached hydrogens (tertiary/aromatic N) is 1. The van der Waals surface area contributed by atoms with E-state index in [9.17, 15) is 9.59 Å². The summed E-state index contributed by atoms with van der Waals surface area (Å²) in [4.78, 5) is 27.0. The van der Waals surface area contributed by atoms with Crippen LogP contribution in [0.25, 0.3) is 0 Å². The minimum Gasteiger partial charge on any atom is -0.444 e. The summed E-state index contributed by atoms with van der Waals surface area (Å²) in [5.74, 6) is 0.992. The fourth-order valence-electron chi connectivity index (χ4n) is 1.92. The monoisotopic (exact) mass is 251 g/mol. The summed E-state index contributed by atoms with van der Waals surface area (Å²) in [6, 6.07) is -0.260. The van der Waals surface area contributed by atoms with Crippen LogP contribution in [0.4, 0.5) is 0 Å². The Morgan fingerprint density at radius 1 is 1.67 bits per heavy atom. The third-order valence-corrected chi connectivity index (χ3v) is 3.00. The Hall–Kier alpha value is -1.85. The minimum absolute atomic E-state index is 0.00965. The SMILES string of the molecule is Cc1cnc(C(C)NC(=O)C2CCC(=O)NC2)o1. The molecule has 0 spiro atoms. The Labute approximate surface area is 105 Å². The van der Waals surface area contributed by atoms with Crippen LogP contribution in [0.5, 0.6) is 0 Å². The summed E-state index contributed by atoms with van der Waals surface area (Å²) in [6.07, 6.45) is 2.62. The molecule has 2 unspecified atom stereocenters. The predicted molar refractivity (Wildman–Crippen MR) is 63.5 cm³/mol. The summed E-state index contributed by atoms with van der Waals surface area (Å²) >= 11 is 0. The maximum absolute atomic E-state index is 12.0. The van der Waals surface area contributed by atoms with Crippen LogP contribution in [0.15, 0.2) is 10.6 Å². The number of nitrogens with one attached hydrogen (secondary N) is 2. The fourth-order valence-corrected chi connectivity index (χ4v) is 1.92. The Balaban J connectivity index is 1.89. The topological polar surface area (TPSA) is 84.2 Å². The molecule has 0 bridgehead atoms. The van der Waals surface area contributed by atoms with Crippen molar-refractivity contribution in [1.29, 1.82) is 0 Å². The highest BCUT2D eigenvalue weighted by Crippen LogP contribution is 2.15. The van der Waals surface area contributed by atoms with Gasteiger partial charge in [0.15, 0.2) is 0 Å². The van der Waals surface area contributed by atoms with E-state index in [0.717, 1.165) is 5.76 Å². The normalized spacial score (nSPS) is 21.2. The number of oxazole rings is 1. The average molecular weight is 251 g/mol. The second-order valence-corrected chi connectivity index (χ2v) is 4.58. The number of aromatic nitrogens is 1.